The molecular formula is C17H25NO7S. The average molecular weight is 387 g/mol. The van der Waals surface area contributed by atoms with Crippen LogP contribution >= 0.6 is 0 Å². The summed E-state index contributed by atoms with van der Waals surface area (Å²) in [7, 11) is -0.807. The van der Waals surface area contributed by atoms with Crippen molar-refractivity contribution in [3.8, 4) is 11.5 Å². The van der Waals surface area contributed by atoms with Gasteiger partial charge in [-0.3, -0.25) is 4.79 Å². The molecule has 1 heterocycles. The van der Waals surface area contributed by atoms with Crippen molar-refractivity contribution in [2.75, 3.05) is 40.2 Å². The fourth-order valence-corrected chi connectivity index (χ4v) is 3.23. The first-order valence-corrected chi connectivity index (χ1v) is 10.1. The highest BCUT2D eigenvalue weighted by Gasteiger charge is 2.23. The van der Waals surface area contributed by atoms with Gasteiger partial charge in [0.1, 0.15) is 6.61 Å². The van der Waals surface area contributed by atoms with Crippen LogP contribution in [0.4, 0.5) is 0 Å². The summed E-state index contributed by atoms with van der Waals surface area (Å²) in [5.41, 5.74) is 0.715. The van der Waals surface area contributed by atoms with E-state index in [-0.39, 0.29) is 30.9 Å². The summed E-state index contributed by atoms with van der Waals surface area (Å²) in [5, 5.41) is 0. The Hall–Kier alpha value is -1.84. The van der Waals surface area contributed by atoms with Gasteiger partial charge in [0.15, 0.2) is 11.5 Å². The van der Waals surface area contributed by atoms with Gasteiger partial charge < -0.3 is 23.3 Å². The minimum absolute atomic E-state index is 0.000736. The predicted octanol–water partition coefficient (Wildman–Crippen LogP) is 1.19. The van der Waals surface area contributed by atoms with E-state index < -0.39 is 10.1 Å². The molecule has 0 bridgehead atoms. The molecule has 0 saturated carbocycles. The lowest BCUT2D eigenvalue weighted by Gasteiger charge is -2.25. The summed E-state index contributed by atoms with van der Waals surface area (Å²) in [4.78, 5) is 14.0. The summed E-state index contributed by atoms with van der Waals surface area (Å²) in [5.74, 6) is 0.223. The van der Waals surface area contributed by atoms with Crippen molar-refractivity contribution in [2.45, 2.75) is 25.5 Å². The second kappa shape index (κ2) is 9.20. The van der Waals surface area contributed by atoms with Crippen LogP contribution in [0.3, 0.4) is 0 Å². The molecule has 1 aromatic carbocycles. The van der Waals surface area contributed by atoms with Crippen LogP contribution in [0.15, 0.2) is 18.2 Å². The van der Waals surface area contributed by atoms with Crippen LogP contribution in [0.2, 0.25) is 0 Å². The SMILES string of the molecule is COCC(=O)N(Cc1ccc(OC)c(OS(C)(=O)=O)c1)C[C@@H]1CCCO1. The smallest absolute Gasteiger partial charge is 0.306 e. The van der Waals surface area contributed by atoms with Crippen molar-refractivity contribution < 1.29 is 31.6 Å². The van der Waals surface area contributed by atoms with E-state index in [0.29, 0.717) is 24.5 Å². The third kappa shape index (κ3) is 6.15. The Balaban J connectivity index is 2.19. The lowest BCUT2D eigenvalue weighted by atomic mass is 10.1. The molecule has 0 unspecified atom stereocenters. The molecule has 0 aliphatic carbocycles. The van der Waals surface area contributed by atoms with Gasteiger partial charge >= 0.3 is 10.1 Å². The number of methoxy groups -OCH3 is 2. The molecule has 0 radical (unpaired) electrons. The molecule has 8 nitrogen and oxygen atoms in total. The van der Waals surface area contributed by atoms with Crippen molar-refractivity contribution in [1.29, 1.82) is 0 Å². The van der Waals surface area contributed by atoms with Crippen LogP contribution in [-0.2, 0) is 30.9 Å². The monoisotopic (exact) mass is 387 g/mol. The lowest BCUT2D eigenvalue weighted by molar-refractivity contribution is -0.137. The molecule has 1 amide bonds. The molecule has 0 N–H and O–H groups in total. The largest absolute Gasteiger partial charge is 0.493 e. The molecule has 1 aliphatic rings. The maximum atomic E-state index is 12.4. The molecule has 1 aromatic rings. The number of ether oxygens (including phenoxy) is 3. The van der Waals surface area contributed by atoms with E-state index >= 15 is 0 Å². The number of hydrogen-bond acceptors (Lipinski definition) is 7. The minimum atomic E-state index is -3.70. The highest BCUT2D eigenvalue weighted by molar-refractivity contribution is 7.86. The Morgan fingerprint density at radius 3 is 2.65 bits per heavy atom. The van der Waals surface area contributed by atoms with Crippen LogP contribution in [0.25, 0.3) is 0 Å². The van der Waals surface area contributed by atoms with Crippen LogP contribution < -0.4 is 8.92 Å². The second-order valence-electron chi connectivity index (χ2n) is 6.11. The fourth-order valence-electron chi connectivity index (χ4n) is 2.77. The van der Waals surface area contributed by atoms with Gasteiger partial charge in [-0.1, -0.05) is 6.07 Å². The number of benzene rings is 1. The Morgan fingerprint density at radius 2 is 2.08 bits per heavy atom. The Labute approximate surface area is 154 Å². The summed E-state index contributed by atoms with van der Waals surface area (Å²) in [6.45, 7) is 1.41. The zero-order valence-corrected chi connectivity index (χ0v) is 16.1. The predicted molar refractivity (Wildman–Crippen MR) is 94.7 cm³/mol. The molecule has 1 fully saturated rings. The average Bonchev–Trinajstić information content (AvgIpc) is 3.06. The highest BCUT2D eigenvalue weighted by atomic mass is 32.2. The van der Waals surface area contributed by atoms with Gasteiger partial charge in [0.2, 0.25) is 5.91 Å². The quantitative estimate of drug-likeness (QED) is 0.588. The fraction of sp³-hybridized carbons (Fsp3) is 0.588. The number of amides is 1. The Morgan fingerprint density at radius 1 is 1.31 bits per heavy atom. The van der Waals surface area contributed by atoms with E-state index in [1.54, 1.807) is 23.1 Å². The first-order chi connectivity index (χ1) is 12.3. The third-order valence-electron chi connectivity index (χ3n) is 3.91. The van der Waals surface area contributed by atoms with Gasteiger partial charge in [-0.2, -0.15) is 8.42 Å². The molecule has 146 valence electrons. The van der Waals surface area contributed by atoms with Gasteiger partial charge in [0.05, 0.1) is 19.5 Å². The Bertz CT molecular complexity index is 714. The van der Waals surface area contributed by atoms with E-state index in [1.807, 2.05) is 0 Å². The van der Waals surface area contributed by atoms with Crippen LogP contribution in [0, 0.1) is 0 Å². The first-order valence-electron chi connectivity index (χ1n) is 8.27. The summed E-state index contributed by atoms with van der Waals surface area (Å²) in [6.07, 6.45) is 2.85. The molecule has 2 rings (SSSR count). The topological polar surface area (TPSA) is 91.4 Å². The molecule has 26 heavy (non-hydrogen) atoms. The van der Waals surface area contributed by atoms with Crippen LogP contribution in [0.1, 0.15) is 18.4 Å². The van der Waals surface area contributed by atoms with Crippen molar-refractivity contribution in [2.24, 2.45) is 0 Å². The van der Waals surface area contributed by atoms with E-state index in [0.717, 1.165) is 19.1 Å². The number of carbonyl (C=O) groups is 1. The minimum Gasteiger partial charge on any atom is -0.493 e. The van der Waals surface area contributed by atoms with Gasteiger partial charge in [-0.15, -0.1) is 0 Å². The summed E-state index contributed by atoms with van der Waals surface area (Å²) >= 11 is 0. The van der Waals surface area contributed by atoms with Gasteiger partial charge in [-0.25, -0.2) is 0 Å². The first kappa shape index (κ1) is 20.5. The number of nitrogens with zero attached hydrogens (tertiary/aromatic N) is 1. The van der Waals surface area contributed by atoms with E-state index in [9.17, 15) is 13.2 Å². The molecule has 0 aromatic heterocycles. The molecule has 1 aliphatic heterocycles. The van der Waals surface area contributed by atoms with Gasteiger partial charge in [-0.05, 0) is 30.5 Å². The molecule has 9 heteroatoms. The second-order valence-corrected chi connectivity index (χ2v) is 7.69. The van der Waals surface area contributed by atoms with E-state index in [2.05, 4.69) is 0 Å². The summed E-state index contributed by atoms with van der Waals surface area (Å²) < 4.78 is 43.6. The van der Waals surface area contributed by atoms with Crippen LogP contribution in [-0.4, -0.2) is 65.6 Å². The zero-order valence-electron chi connectivity index (χ0n) is 15.3. The normalized spacial score (nSPS) is 17.1. The van der Waals surface area contributed by atoms with Crippen LogP contribution in [0.5, 0.6) is 11.5 Å². The molecular weight excluding hydrogens is 362 g/mol. The van der Waals surface area contributed by atoms with Crippen molar-refractivity contribution in [3.05, 3.63) is 23.8 Å². The molecule has 1 saturated heterocycles. The van der Waals surface area contributed by atoms with E-state index in [1.165, 1.54) is 14.2 Å². The maximum absolute atomic E-state index is 12.4. The van der Waals surface area contributed by atoms with Crippen molar-refractivity contribution in [3.63, 3.8) is 0 Å². The van der Waals surface area contributed by atoms with Gasteiger partial charge in [0, 0.05) is 26.8 Å². The number of rotatable bonds is 9. The third-order valence-corrected chi connectivity index (χ3v) is 4.39. The van der Waals surface area contributed by atoms with Gasteiger partial charge in [0.25, 0.3) is 0 Å². The molecule has 1 atom stereocenters. The maximum Gasteiger partial charge on any atom is 0.306 e. The van der Waals surface area contributed by atoms with Crippen molar-refractivity contribution >= 4 is 16.0 Å². The Kier molecular flexibility index (Phi) is 7.24. The summed E-state index contributed by atoms with van der Waals surface area (Å²) in [6, 6.07) is 4.93. The molecule has 0 spiro atoms. The zero-order chi connectivity index (χ0) is 19.2. The number of hydrogen-bond donors (Lipinski definition) is 0. The standard InChI is InChI=1S/C17H25NO7S/c1-22-12-17(19)18(11-14-5-4-8-24-14)10-13-6-7-15(23-2)16(9-13)25-26(3,20)21/h6-7,9,14H,4-5,8,10-12H2,1-3H3/t14-/m0/s1. The van der Waals surface area contributed by atoms with Crippen molar-refractivity contribution in [1.82, 2.24) is 4.90 Å². The lowest BCUT2D eigenvalue weighted by Crippen LogP contribution is -2.38. The van der Waals surface area contributed by atoms with E-state index in [4.69, 9.17) is 18.4 Å². The number of carbonyl (C=O) groups excluding carboxylic acids is 1. The highest BCUT2D eigenvalue weighted by Crippen LogP contribution is 2.30.